The molecule has 0 unspecified atom stereocenters. The minimum atomic E-state index is 0.179. The Labute approximate surface area is 151 Å². The molecular weight excluding hydrogens is 314 g/mol. The summed E-state index contributed by atoms with van der Waals surface area (Å²) in [6.45, 7) is 7.72. The van der Waals surface area contributed by atoms with Crippen molar-refractivity contribution >= 4 is 0 Å². The van der Waals surface area contributed by atoms with Gasteiger partial charge in [0.15, 0.2) is 0 Å². The van der Waals surface area contributed by atoms with Crippen LogP contribution in [0, 0.1) is 0 Å². The Morgan fingerprint density at radius 3 is 2.68 bits per heavy atom. The number of piperidine rings is 1. The minimum Gasteiger partial charge on any atom is -0.462 e. The normalized spacial score (nSPS) is 29.3. The van der Waals surface area contributed by atoms with Crippen molar-refractivity contribution in [1.29, 1.82) is 0 Å². The Morgan fingerprint density at radius 1 is 1.08 bits per heavy atom. The molecule has 3 fully saturated rings. The van der Waals surface area contributed by atoms with Crippen LogP contribution in [-0.4, -0.2) is 73.7 Å². The monoisotopic (exact) mass is 347 g/mol. The van der Waals surface area contributed by atoms with Crippen LogP contribution in [0.5, 0.6) is 0 Å². The molecule has 0 radical (unpaired) electrons. The highest BCUT2D eigenvalue weighted by Gasteiger charge is 2.41. The van der Waals surface area contributed by atoms with E-state index in [0.717, 1.165) is 44.2 Å². The summed E-state index contributed by atoms with van der Waals surface area (Å²) in [6.07, 6.45) is 6.22. The summed E-state index contributed by atoms with van der Waals surface area (Å²) in [7, 11) is 4.57. The lowest BCUT2D eigenvalue weighted by molar-refractivity contribution is -0.0223. The third-order valence-corrected chi connectivity index (χ3v) is 6.54. The van der Waals surface area contributed by atoms with Crippen molar-refractivity contribution in [3.8, 4) is 0 Å². The maximum Gasteiger partial charge on any atom is 0.133 e. The molecule has 0 N–H and O–H groups in total. The number of hydrogen-bond donors (Lipinski definition) is 0. The van der Waals surface area contributed by atoms with Gasteiger partial charge in [-0.2, -0.15) is 0 Å². The molecule has 3 saturated heterocycles. The Morgan fingerprint density at radius 2 is 1.92 bits per heavy atom. The van der Waals surface area contributed by atoms with E-state index < -0.39 is 0 Å². The Kier molecular flexibility index (Phi) is 5.18. The van der Waals surface area contributed by atoms with E-state index in [1.807, 2.05) is 0 Å². The summed E-state index contributed by atoms with van der Waals surface area (Å²) in [5, 5.41) is 0. The second-order valence-electron chi connectivity index (χ2n) is 8.32. The summed E-state index contributed by atoms with van der Waals surface area (Å²) in [5.41, 5.74) is 0.383. The van der Waals surface area contributed by atoms with Crippen molar-refractivity contribution in [3.05, 3.63) is 23.7 Å². The predicted molar refractivity (Wildman–Crippen MR) is 98.6 cm³/mol. The second-order valence-corrected chi connectivity index (χ2v) is 8.32. The van der Waals surface area contributed by atoms with Crippen LogP contribution >= 0.6 is 0 Å². The largest absolute Gasteiger partial charge is 0.462 e. The Hall–Kier alpha value is -0.880. The molecule has 25 heavy (non-hydrogen) atoms. The smallest absolute Gasteiger partial charge is 0.133 e. The number of rotatable bonds is 3. The van der Waals surface area contributed by atoms with Crippen molar-refractivity contribution < 1.29 is 9.15 Å². The number of hydrogen-bond acceptors (Lipinski definition) is 5. The van der Waals surface area contributed by atoms with E-state index >= 15 is 0 Å². The van der Waals surface area contributed by atoms with Gasteiger partial charge in [-0.15, -0.1) is 0 Å². The van der Waals surface area contributed by atoms with E-state index in [1.165, 1.54) is 45.3 Å². The maximum atomic E-state index is 6.12. The van der Waals surface area contributed by atoms with Crippen LogP contribution in [0.15, 0.2) is 16.5 Å². The molecule has 4 heterocycles. The first-order chi connectivity index (χ1) is 12.1. The second kappa shape index (κ2) is 7.39. The number of ether oxygens (including phenoxy) is 1. The first kappa shape index (κ1) is 17.5. The Balaban J connectivity index is 1.32. The molecule has 140 valence electrons. The van der Waals surface area contributed by atoms with Gasteiger partial charge >= 0.3 is 0 Å². The van der Waals surface area contributed by atoms with Crippen molar-refractivity contribution in [1.82, 2.24) is 14.7 Å². The molecule has 0 aromatic carbocycles. The van der Waals surface area contributed by atoms with Gasteiger partial charge in [0.1, 0.15) is 17.6 Å². The van der Waals surface area contributed by atoms with Crippen LogP contribution in [0.3, 0.4) is 0 Å². The SMILES string of the molecule is CN1CCN(C)C2(CCN(Cc3ccc([C@@H]4CCCCO4)o3)CC2)C1. The molecule has 0 amide bonds. The lowest BCUT2D eigenvalue weighted by Crippen LogP contribution is -2.63. The van der Waals surface area contributed by atoms with Crippen molar-refractivity contribution in [3.63, 3.8) is 0 Å². The van der Waals surface area contributed by atoms with Crippen molar-refractivity contribution in [2.75, 3.05) is 53.4 Å². The molecule has 0 saturated carbocycles. The molecule has 4 rings (SSSR count). The van der Waals surface area contributed by atoms with E-state index in [4.69, 9.17) is 9.15 Å². The predicted octanol–water partition coefficient (Wildman–Crippen LogP) is 2.73. The van der Waals surface area contributed by atoms with Gasteiger partial charge in [0, 0.05) is 44.9 Å². The zero-order valence-electron chi connectivity index (χ0n) is 15.9. The fraction of sp³-hybridized carbons (Fsp3) is 0.800. The maximum absolute atomic E-state index is 6.12. The molecule has 0 aliphatic carbocycles. The van der Waals surface area contributed by atoms with Crippen LogP contribution in [0.4, 0.5) is 0 Å². The Bertz CT molecular complexity index is 559. The molecule has 3 aliphatic heterocycles. The fourth-order valence-electron chi connectivity index (χ4n) is 4.77. The molecule has 1 spiro atoms. The van der Waals surface area contributed by atoms with Gasteiger partial charge < -0.3 is 14.1 Å². The lowest BCUT2D eigenvalue weighted by atomic mass is 9.84. The number of likely N-dealkylation sites (tertiary alicyclic amines) is 1. The van der Waals surface area contributed by atoms with Gasteiger partial charge in [-0.25, -0.2) is 0 Å². The fourth-order valence-corrected chi connectivity index (χ4v) is 4.77. The number of furan rings is 1. The highest BCUT2D eigenvalue weighted by Crippen LogP contribution is 2.33. The number of nitrogens with zero attached hydrogens (tertiary/aromatic N) is 3. The van der Waals surface area contributed by atoms with Gasteiger partial charge in [0.25, 0.3) is 0 Å². The summed E-state index contributed by atoms with van der Waals surface area (Å²) in [4.78, 5) is 7.66. The number of piperazine rings is 1. The highest BCUT2D eigenvalue weighted by atomic mass is 16.5. The standard InChI is InChI=1S/C20H33N3O2/c1-21-12-13-22(2)20(16-21)8-10-23(11-9-20)15-17-6-7-19(25-17)18-5-3-4-14-24-18/h6-7,18H,3-5,8-16H2,1-2H3/t18-/m0/s1. The third-order valence-electron chi connectivity index (χ3n) is 6.54. The zero-order valence-corrected chi connectivity index (χ0v) is 15.9. The quantitative estimate of drug-likeness (QED) is 0.839. The third kappa shape index (κ3) is 3.80. The van der Waals surface area contributed by atoms with E-state index in [9.17, 15) is 0 Å². The van der Waals surface area contributed by atoms with Gasteiger partial charge in [-0.05, 0) is 58.3 Å². The molecule has 3 aliphatic rings. The van der Waals surface area contributed by atoms with Crippen LogP contribution in [0.25, 0.3) is 0 Å². The van der Waals surface area contributed by atoms with E-state index in [2.05, 4.69) is 40.9 Å². The van der Waals surface area contributed by atoms with Gasteiger partial charge in [-0.1, -0.05) is 0 Å². The van der Waals surface area contributed by atoms with E-state index in [0.29, 0.717) is 5.54 Å². The van der Waals surface area contributed by atoms with Gasteiger partial charge in [0.2, 0.25) is 0 Å². The molecule has 5 nitrogen and oxygen atoms in total. The summed E-state index contributed by atoms with van der Waals surface area (Å²) >= 11 is 0. The molecule has 1 aromatic rings. The van der Waals surface area contributed by atoms with Crippen LogP contribution < -0.4 is 0 Å². The summed E-state index contributed by atoms with van der Waals surface area (Å²) in [5.74, 6) is 2.12. The van der Waals surface area contributed by atoms with Gasteiger partial charge in [-0.3, -0.25) is 9.80 Å². The van der Waals surface area contributed by atoms with Crippen LogP contribution in [-0.2, 0) is 11.3 Å². The summed E-state index contributed by atoms with van der Waals surface area (Å²) in [6, 6.07) is 4.28. The topological polar surface area (TPSA) is 32.1 Å². The van der Waals surface area contributed by atoms with Gasteiger partial charge in [0.05, 0.1) is 6.54 Å². The van der Waals surface area contributed by atoms with Crippen LogP contribution in [0.2, 0.25) is 0 Å². The van der Waals surface area contributed by atoms with Crippen molar-refractivity contribution in [2.24, 2.45) is 0 Å². The molecule has 0 bridgehead atoms. The van der Waals surface area contributed by atoms with E-state index in [1.54, 1.807) is 0 Å². The van der Waals surface area contributed by atoms with Crippen molar-refractivity contribution in [2.45, 2.75) is 50.3 Å². The lowest BCUT2D eigenvalue weighted by Gasteiger charge is -2.52. The minimum absolute atomic E-state index is 0.179. The van der Waals surface area contributed by atoms with Crippen LogP contribution in [0.1, 0.15) is 49.7 Å². The molecule has 1 aromatic heterocycles. The highest BCUT2D eigenvalue weighted by molar-refractivity contribution is 5.10. The average Bonchev–Trinajstić information content (AvgIpc) is 3.10. The number of likely N-dealkylation sites (N-methyl/N-ethyl adjacent to an activating group) is 2. The molecular formula is C20H33N3O2. The molecule has 5 heteroatoms. The molecule has 1 atom stereocenters. The summed E-state index contributed by atoms with van der Waals surface area (Å²) < 4.78 is 12.0. The average molecular weight is 348 g/mol. The zero-order chi connectivity index (χ0) is 17.3. The first-order valence-corrected chi connectivity index (χ1v) is 9.97. The first-order valence-electron chi connectivity index (χ1n) is 9.97. The van der Waals surface area contributed by atoms with E-state index in [-0.39, 0.29) is 6.10 Å².